The summed E-state index contributed by atoms with van der Waals surface area (Å²) in [5, 5.41) is 11.1. The number of ether oxygens (including phenoxy) is 2. The number of hydrogen-bond acceptors (Lipinski definition) is 5. The first-order valence-corrected chi connectivity index (χ1v) is 17.1. The topological polar surface area (TPSA) is 60.2 Å². The Morgan fingerprint density at radius 1 is 0.600 bits per heavy atom. The van der Waals surface area contributed by atoms with E-state index in [1.165, 1.54) is 88.9 Å². The first kappa shape index (κ1) is 33.9. The molecule has 45 heavy (non-hydrogen) atoms. The highest BCUT2D eigenvalue weighted by molar-refractivity contribution is 5.91. The van der Waals surface area contributed by atoms with Crippen molar-refractivity contribution in [2.24, 2.45) is 10.2 Å². The number of hydrogen-bond donors (Lipinski definition) is 0. The zero-order valence-corrected chi connectivity index (χ0v) is 27.3. The number of azo groups is 1. The molecule has 0 fully saturated rings. The second kappa shape index (κ2) is 19.4. The average Bonchev–Trinajstić information content (AvgIpc) is 3.06. The van der Waals surface area contributed by atoms with Crippen LogP contribution in [-0.4, -0.2) is 12.6 Å². The summed E-state index contributed by atoms with van der Waals surface area (Å²) < 4.78 is 11.5. The van der Waals surface area contributed by atoms with Gasteiger partial charge in [-0.2, -0.15) is 10.2 Å². The predicted octanol–water partition coefficient (Wildman–Crippen LogP) is 12.6. The largest absolute Gasteiger partial charge is 0.494 e. The third-order valence-corrected chi connectivity index (χ3v) is 8.24. The summed E-state index contributed by atoms with van der Waals surface area (Å²) >= 11 is 0. The lowest BCUT2D eigenvalue weighted by Gasteiger charge is -2.09. The molecule has 0 N–H and O–H groups in total. The maximum Gasteiger partial charge on any atom is 0.343 e. The van der Waals surface area contributed by atoms with E-state index < -0.39 is 5.97 Å². The fourth-order valence-electron chi connectivity index (χ4n) is 5.49. The van der Waals surface area contributed by atoms with Gasteiger partial charge >= 0.3 is 5.97 Å². The minimum absolute atomic E-state index is 0.404. The Morgan fingerprint density at radius 3 is 1.84 bits per heavy atom. The Bertz CT molecular complexity index is 1480. The summed E-state index contributed by atoms with van der Waals surface area (Å²) in [6.07, 6.45) is 18.8. The number of esters is 1. The number of benzene rings is 4. The van der Waals surface area contributed by atoms with Gasteiger partial charge in [-0.1, -0.05) is 121 Å². The van der Waals surface area contributed by atoms with Gasteiger partial charge in [0.25, 0.3) is 0 Å². The van der Waals surface area contributed by atoms with Crippen LogP contribution in [0, 0.1) is 6.92 Å². The van der Waals surface area contributed by atoms with Crippen molar-refractivity contribution in [3.8, 4) is 11.5 Å². The predicted molar refractivity (Wildman–Crippen MR) is 187 cm³/mol. The zero-order chi connectivity index (χ0) is 31.5. The first-order valence-electron chi connectivity index (χ1n) is 17.1. The summed E-state index contributed by atoms with van der Waals surface area (Å²) in [7, 11) is 0. The molecule has 4 aromatic carbocycles. The van der Waals surface area contributed by atoms with Crippen LogP contribution in [0.2, 0.25) is 0 Å². The molecule has 0 unspecified atom stereocenters. The van der Waals surface area contributed by atoms with Gasteiger partial charge in [0, 0.05) is 0 Å². The second-order valence-electron chi connectivity index (χ2n) is 12.0. The van der Waals surface area contributed by atoms with Gasteiger partial charge in [-0.15, -0.1) is 0 Å². The second-order valence-corrected chi connectivity index (χ2v) is 12.0. The summed E-state index contributed by atoms with van der Waals surface area (Å²) in [6, 6.07) is 26.7. The van der Waals surface area contributed by atoms with Crippen LogP contribution in [0.4, 0.5) is 11.4 Å². The van der Waals surface area contributed by atoms with E-state index in [0.29, 0.717) is 17.9 Å². The number of rotatable bonds is 20. The molecule has 0 bridgehead atoms. The Balaban J connectivity index is 1.10. The lowest BCUT2D eigenvalue weighted by Crippen LogP contribution is -2.08. The van der Waals surface area contributed by atoms with Crippen LogP contribution < -0.4 is 9.47 Å². The molecular formula is C40H50N2O3. The van der Waals surface area contributed by atoms with Crippen molar-refractivity contribution in [1.82, 2.24) is 0 Å². The SMILES string of the molecule is CCCCCCCCCCCCCCCCOc1ccc(C(=O)Oc2ccc(N=Nc3ccc4ccccc4c3)c(C)c2)cc1. The molecule has 0 aliphatic rings. The van der Waals surface area contributed by atoms with Crippen molar-refractivity contribution in [3.05, 3.63) is 96.1 Å². The quantitative estimate of drug-likeness (QED) is 0.0435. The van der Waals surface area contributed by atoms with E-state index in [-0.39, 0.29) is 0 Å². The van der Waals surface area contributed by atoms with Crippen molar-refractivity contribution in [3.63, 3.8) is 0 Å². The number of fused-ring (bicyclic) bond motifs is 1. The van der Waals surface area contributed by atoms with Crippen molar-refractivity contribution in [2.75, 3.05) is 6.61 Å². The highest BCUT2D eigenvalue weighted by Gasteiger charge is 2.10. The Morgan fingerprint density at radius 2 is 1.20 bits per heavy atom. The van der Waals surface area contributed by atoms with E-state index in [2.05, 4.69) is 29.3 Å². The molecule has 4 rings (SSSR count). The van der Waals surface area contributed by atoms with E-state index in [4.69, 9.17) is 9.47 Å². The standard InChI is InChI=1S/C40H50N2O3/c1-3-4-5-6-7-8-9-10-11-12-13-14-15-18-29-44-37-25-22-34(23-26-37)40(43)45-38-27-28-39(32(2)30-38)42-41-36-24-21-33-19-16-17-20-35(33)31-36/h16-17,19-28,30-31H,3-15,18,29H2,1-2H3. The van der Waals surface area contributed by atoms with Gasteiger partial charge in [-0.3, -0.25) is 0 Å². The lowest BCUT2D eigenvalue weighted by atomic mass is 10.0. The minimum Gasteiger partial charge on any atom is -0.494 e. The molecule has 0 radical (unpaired) electrons. The fraction of sp³-hybridized carbons (Fsp3) is 0.425. The molecule has 0 spiro atoms. The van der Waals surface area contributed by atoms with Crippen LogP contribution in [0.3, 0.4) is 0 Å². The maximum atomic E-state index is 12.7. The third kappa shape index (κ3) is 12.1. The number of aryl methyl sites for hydroxylation is 1. The molecule has 5 heteroatoms. The van der Waals surface area contributed by atoms with Crippen LogP contribution in [0.5, 0.6) is 11.5 Å². The molecule has 0 aromatic heterocycles. The zero-order valence-electron chi connectivity index (χ0n) is 27.3. The van der Waals surface area contributed by atoms with Gasteiger partial charge < -0.3 is 9.47 Å². The normalized spacial score (nSPS) is 11.3. The molecule has 0 aliphatic carbocycles. The van der Waals surface area contributed by atoms with Gasteiger partial charge in [-0.05, 0) is 84.3 Å². The van der Waals surface area contributed by atoms with E-state index in [1.54, 1.807) is 24.3 Å². The molecule has 238 valence electrons. The average molecular weight is 607 g/mol. The van der Waals surface area contributed by atoms with Gasteiger partial charge in [0.1, 0.15) is 11.5 Å². The number of unbranched alkanes of at least 4 members (excludes halogenated alkanes) is 13. The third-order valence-electron chi connectivity index (χ3n) is 8.24. The molecule has 4 aromatic rings. The van der Waals surface area contributed by atoms with Gasteiger partial charge in [0.15, 0.2) is 0 Å². The van der Waals surface area contributed by atoms with E-state index in [1.807, 2.05) is 55.5 Å². The maximum absolute atomic E-state index is 12.7. The molecular weight excluding hydrogens is 556 g/mol. The lowest BCUT2D eigenvalue weighted by molar-refractivity contribution is 0.0734. The summed E-state index contributed by atoms with van der Waals surface area (Å²) in [4.78, 5) is 12.7. The Labute approximate surface area is 270 Å². The van der Waals surface area contributed by atoms with Crippen LogP contribution >= 0.6 is 0 Å². The van der Waals surface area contributed by atoms with E-state index in [0.717, 1.165) is 34.5 Å². The van der Waals surface area contributed by atoms with Crippen molar-refractivity contribution >= 4 is 28.1 Å². The molecule has 0 aliphatic heterocycles. The molecule has 0 atom stereocenters. The molecule has 0 saturated carbocycles. The van der Waals surface area contributed by atoms with Crippen molar-refractivity contribution in [1.29, 1.82) is 0 Å². The summed E-state index contributed by atoms with van der Waals surface area (Å²) in [5.41, 5.74) is 2.87. The van der Waals surface area contributed by atoms with Crippen LogP contribution in [0.1, 0.15) is 113 Å². The van der Waals surface area contributed by atoms with Crippen LogP contribution in [-0.2, 0) is 0 Å². The van der Waals surface area contributed by atoms with E-state index in [9.17, 15) is 4.79 Å². The Hall–Kier alpha value is -3.99. The highest BCUT2D eigenvalue weighted by Crippen LogP contribution is 2.28. The van der Waals surface area contributed by atoms with Crippen LogP contribution in [0.15, 0.2) is 95.2 Å². The number of carbonyl (C=O) groups excluding carboxylic acids is 1. The number of nitrogens with zero attached hydrogens (tertiary/aromatic N) is 2. The van der Waals surface area contributed by atoms with Gasteiger partial charge in [0.05, 0.1) is 23.5 Å². The smallest absolute Gasteiger partial charge is 0.343 e. The summed E-state index contributed by atoms with van der Waals surface area (Å²) in [6.45, 7) is 4.90. The minimum atomic E-state index is -0.404. The fourth-order valence-corrected chi connectivity index (χ4v) is 5.49. The molecule has 0 amide bonds. The molecule has 0 heterocycles. The number of carbonyl (C=O) groups is 1. The van der Waals surface area contributed by atoms with E-state index >= 15 is 0 Å². The molecule has 5 nitrogen and oxygen atoms in total. The Kier molecular flexibility index (Phi) is 14.6. The van der Waals surface area contributed by atoms with Crippen molar-refractivity contribution < 1.29 is 14.3 Å². The summed E-state index contributed by atoms with van der Waals surface area (Å²) in [5.74, 6) is 0.844. The highest BCUT2D eigenvalue weighted by atomic mass is 16.5. The van der Waals surface area contributed by atoms with Crippen molar-refractivity contribution in [2.45, 2.75) is 104 Å². The van der Waals surface area contributed by atoms with Gasteiger partial charge in [-0.25, -0.2) is 4.79 Å². The molecule has 0 saturated heterocycles. The first-order chi connectivity index (χ1) is 22.1. The monoisotopic (exact) mass is 606 g/mol. The van der Waals surface area contributed by atoms with Crippen LogP contribution in [0.25, 0.3) is 10.8 Å². The van der Waals surface area contributed by atoms with Gasteiger partial charge in [0.2, 0.25) is 0 Å².